The number of carbonyl (C=O) groups excluding carboxylic acids is 2. The van der Waals surface area contributed by atoms with E-state index in [9.17, 15) is 9.59 Å². The molecule has 1 aromatic carbocycles. The van der Waals surface area contributed by atoms with Crippen molar-refractivity contribution in [1.82, 2.24) is 24.8 Å². The van der Waals surface area contributed by atoms with Crippen molar-refractivity contribution in [2.75, 3.05) is 23.7 Å². The molecule has 0 aliphatic carbocycles. The van der Waals surface area contributed by atoms with Crippen LogP contribution >= 0.6 is 0 Å². The van der Waals surface area contributed by atoms with E-state index in [0.717, 1.165) is 18.4 Å². The zero-order chi connectivity index (χ0) is 23.2. The van der Waals surface area contributed by atoms with Crippen molar-refractivity contribution in [2.24, 2.45) is 5.73 Å². The van der Waals surface area contributed by atoms with E-state index in [-0.39, 0.29) is 23.5 Å². The summed E-state index contributed by atoms with van der Waals surface area (Å²) in [6.45, 7) is 4.79. The number of hydrogen-bond donors (Lipinski definition) is 3. The van der Waals surface area contributed by atoms with E-state index >= 15 is 0 Å². The topological polar surface area (TPSA) is 139 Å². The van der Waals surface area contributed by atoms with Crippen molar-refractivity contribution in [3.05, 3.63) is 67.3 Å². The van der Waals surface area contributed by atoms with Gasteiger partial charge in [-0.05, 0) is 49.2 Å². The first kappa shape index (κ1) is 21.9. The van der Waals surface area contributed by atoms with Crippen molar-refractivity contribution in [3.63, 3.8) is 0 Å². The summed E-state index contributed by atoms with van der Waals surface area (Å²) in [5.41, 5.74) is 7.08. The molecular weight excluding hydrogens is 420 g/mol. The molecule has 1 aliphatic heterocycles. The Labute approximate surface area is 191 Å². The number of anilines is 3. The normalized spacial score (nSPS) is 15.5. The minimum absolute atomic E-state index is 0.00869. The molecule has 2 aromatic heterocycles. The van der Waals surface area contributed by atoms with Crippen LogP contribution in [0.25, 0.3) is 11.4 Å². The highest BCUT2D eigenvalue weighted by Gasteiger charge is 2.23. The zero-order valence-electron chi connectivity index (χ0n) is 17.9. The molecule has 0 bridgehead atoms. The van der Waals surface area contributed by atoms with E-state index in [2.05, 4.69) is 37.1 Å². The second kappa shape index (κ2) is 9.86. The molecule has 33 heavy (non-hydrogen) atoms. The lowest BCUT2D eigenvalue weighted by Crippen LogP contribution is -2.44. The van der Waals surface area contributed by atoms with Gasteiger partial charge in [-0.25, -0.2) is 19.9 Å². The van der Waals surface area contributed by atoms with Gasteiger partial charge in [-0.1, -0.05) is 6.58 Å². The van der Waals surface area contributed by atoms with Gasteiger partial charge >= 0.3 is 0 Å². The lowest BCUT2D eigenvalue weighted by molar-refractivity contribution is -0.127. The van der Waals surface area contributed by atoms with Gasteiger partial charge in [0.1, 0.15) is 5.82 Å². The van der Waals surface area contributed by atoms with Gasteiger partial charge in [0, 0.05) is 42.8 Å². The first-order valence-electron chi connectivity index (χ1n) is 10.5. The van der Waals surface area contributed by atoms with Gasteiger partial charge in [-0.3, -0.25) is 9.59 Å². The molecule has 3 aromatic rings. The highest BCUT2D eigenvalue weighted by molar-refractivity contribution is 5.96. The number of primary amides is 1. The van der Waals surface area contributed by atoms with Crippen molar-refractivity contribution >= 4 is 29.1 Å². The maximum atomic E-state index is 11.9. The summed E-state index contributed by atoms with van der Waals surface area (Å²) in [4.78, 5) is 42.8. The van der Waals surface area contributed by atoms with Crippen LogP contribution in [0.5, 0.6) is 0 Å². The fourth-order valence-corrected chi connectivity index (χ4v) is 3.65. The van der Waals surface area contributed by atoms with Crippen LogP contribution in [0.2, 0.25) is 0 Å². The van der Waals surface area contributed by atoms with Crippen molar-refractivity contribution in [1.29, 1.82) is 0 Å². The molecule has 0 spiro atoms. The molecule has 0 saturated carbocycles. The molecule has 2 amide bonds. The summed E-state index contributed by atoms with van der Waals surface area (Å²) in [7, 11) is 0. The maximum Gasteiger partial charge on any atom is 0.271 e. The predicted octanol–water partition coefficient (Wildman–Crippen LogP) is 2.37. The van der Waals surface area contributed by atoms with Crippen LogP contribution in [0.3, 0.4) is 0 Å². The summed E-state index contributed by atoms with van der Waals surface area (Å²) < 4.78 is 0. The van der Waals surface area contributed by atoms with Gasteiger partial charge in [0.2, 0.25) is 5.91 Å². The van der Waals surface area contributed by atoms with Gasteiger partial charge in [0.05, 0.1) is 6.20 Å². The van der Waals surface area contributed by atoms with E-state index in [4.69, 9.17) is 5.73 Å². The van der Waals surface area contributed by atoms with Crippen LogP contribution in [0.1, 0.15) is 23.3 Å². The van der Waals surface area contributed by atoms with Crippen LogP contribution in [-0.2, 0) is 4.79 Å². The highest BCUT2D eigenvalue weighted by Crippen LogP contribution is 2.23. The number of nitrogens with one attached hydrogen (secondary N) is 2. The number of carbonyl (C=O) groups is 2. The zero-order valence-corrected chi connectivity index (χ0v) is 17.9. The van der Waals surface area contributed by atoms with Crippen LogP contribution in [-0.4, -0.2) is 55.8 Å². The first-order valence-corrected chi connectivity index (χ1v) is 10.5. The van der Waals surface area contributed by atoms with E-state index in [1.807, 2.05) is 24.3 Å². The molecule has 10 heteroatoms. The quantitative estimate of drug-likeness (QED) is 0.472. The summed E-state index contributed by atoms with van der Waals surface area (Å²) in [6, 6.07) is 9.16. The third kappa shape index (κ3) is 5.29. The fourth-order valence-electron chi connectivity index (χ4n) is 3.65. The Balaban J connectivity index is 1.51. The minimum Gasteiger partial charge on any atom is -0.364 e. The Morgan fingerprint density at radius 2 is 1.91 bits per heavy atom. The standard InChI is InChI=1S/C23H24N8O2/c1-2-19(32)31-12-3-5-17(14-31)28-18-13-27-20(21(24)33)23(30-18)29-16-8-6-15(7-9-16)22-25-10-4-11-26-22/h2,4,6-11,13,17H,1,3,5,12,14H2,(H2,24,33)(H2,28,29,30). The molecule has 1 atom stereocenters. The number of hydrogen-bond acceptors (Lipinski definition) is 8. The Morgan fingerprint density at radius 3 is 2.61 bits per heavy atom. The summed E-state index contributed by atoms with van der Waals surface area (Å²) >= 11 is 0. The summed E-state index contributed by atoms with van der Waals surface area (Å²) in [6.07, 6.45) is 7.90. The molecular formula is C23H24N8O2. The Bertz CT molecular complexity index is 1150. The van der Waals surface area contributed by atoms with E-state index in [1.165, 1.54) is 12.3 Å². The van der Waals surface area contributed by atoms with Crippen LogP contribution < -0.4 is 16.4 Å². The lowest BCUT2D eigenvalue weighted by atomic mass is 10.1. The lowest BCUT2D eigenvalue weighted by Gasteiger charge is -2.32. The second-order valence-electron chi connectivity index (χ2n) is 7.56. The smallest absolute Gasteiger partial charge is 0.271 e. The first-order chi connectivity index (χ1) is 16.0. The Kier molecular flexibility index (Phi) is 6.53. The Morgan fingerprint density at radius 1 is 1.15 bits per heavy atom. The fraction of sp³-hybridized carbons (Fsp3) is 0.217. The van der Waals surface area contributed by atoms with Gasteiger partial charge in [-0.2, -0.15) is 0 Å². The number of piperidine rings is 1. The van der Waals surface area contributed by atoms with Crippen LogP contribution in [0.4, 0.5) is 17.3 Å². The average molecular weight is 444 g/mol. The molecule has 4 rings (SSSR count). The van der Waals surface area contributed by atoms with Crippen molar-refractivity contribution in [3.8, 4) is 11.4 Å². The average Bonchev–Trinajstić information content (AvgIpc) is 2.85. The molecule has 0 radical (unpaired) electrons. The molecule has 1 aliphatic rings. The van der Waals surface area contributed by atoms with Crippen LogP contribution in [0.15, 0.2) is 61.6 Å². The van der Waals surface area contributed by atoms with Crippen LogP contribution in [0, 0.1) is 0 Å². The van der Waals surface area contributed by atoms with E-state index in [1.54, 1.807) is 23.4 Å². The molecule has 1 fully saturated rings. The maximum absolute atomic E-state index is 11.9. The number of aromatic nitrogens is 4. The van der Waals surface area contributed by atoms with Gasteiger partial charge in [0.25, 0.3) is 5.91 Å². The number of benzene rings is 1. The molecule has 168 valence electrons. The number of nitrogens with two attached hydrogens (primary N) is 1. The van der Waals surface area contributed by atoms with Crippen molar-refractivity contribution < 1.29 is 9.59 Å². The number of likely N-dealkylation sites (tertiary alicyclic amines) is 1. The monoisotopic (exact) mass is 444 g/mol. The Hall–Kier alpha value is -4.34. The minimum atomic E-state index is -0.689. The van der Waals surface area contributed by atoms with Gasteiger partial charge in [-0.15, -0.1) is 0 Å². The van der Waals surface area contributed by atoms with Gasteiger partial charge < -0.3 is 21.3 Å². The third-order valence-corrected chi connectivity index (χ3v) is 5.24. The molecule has 1 unspecified atom stereocenters. The molecule has 1 saturated heterocycles. The molecule has 10 nitrogen and oxygen atoms in total. The highest BCUT2D eigenvalue weighted by atomic mass is 16.2. The predicted molar refractivity (Wildman–Crippen MR) is 125 cm³/mol. The third-order valence-electron chi connectivity index (χ3n) is 5.24. The number of amides is 2. The largest absolute Gasteiger partial charge is 0.364 e. The summed E-state index contributed by atoms with van der Waals surface area (Å²) in [5, 5.41) is 6.42. The molecule has 3 heterocycles. The second-order valence-corrected chi connectivity index (χ2v) is 7.56. The van der Waals surface area contributed by atoms with Crippen molar-refractivity contribution in [2.45, 2.75) is 18.9 Å². The SMILES string of the molecule is C=CC(=O)N1CCCC(Nc2cnc(C(N)=O)c(Nc3ccc(-c4ncccn4)cc3)n2)C1. The van der Waals surface area contributed by atoms with E-state index in [0.29, 0.717) is 30.4 Å². The summed E-state index contributed by atoms with van der Waals surface area (Å²) in [5.74, 6) is 0.555. The number of rotatable bonds is 7. The van der Waals surface area contributed by atoms with E-state index < -0.39 is 5.91 Å². The van der Waals surface area contributed by atoms with Gasteiger partial charge in [0.15, 0.2) is 17.3 Å². The molecule has 4 N–H and O–H groups in total. The number of nitrogens with zero attached hydrogens (tertiary/aromatic N) is 5.